The predicted octanol–water partition coefficient (Wildman–Crippen LogP) is 2.14. The molecule has 0 unspecified atom stereocenters. The Morgan fingerprint density at radius 3 is 2.55 bits per heavy atom. The van der Waals surface area contributed by atoms with E-state index in [9.17, 15) is 17.2 Å². The summed E-state index contributed by atoms with van der Waals surface area (Å²) in [5.74, 6) is -1.65. The van der Waals surface area contributed by atoms with Crippen molar-refractivity contribution in [3.8, 4) is 5.75 Å². The van der Waals surface area contributed by atoms with Crippen LogP contribution in [0.25, 0.3) is 0 Å². The zero-order valence-corrected chi connectivity index (χ0v) is 12.1. The number of anilines is 1. The summed E-state index contributed by atoms with van der Waals surface area (Å²) >= 11 is 0. The minimum absolute atomic E-state index is 0.0573. The lowest BCUT2D eigenvalue weighted by Gasteiger charge is -2.13. The molecule has 2 N–H and O–H groups in total. The van der Waals surface area contributed by atoms with Crippen molar-refractivity contribution in [2.75, 3.05) is 17.9 Å². The second kappa shape index (κ2) is 6.71. The highest BCUT2D eigenvalue weighted by Gasteiger charge is 2.20. The highest BCUT2D eigenvalue weighted by molar-refractivity contribution is 7.92. The molecule has 2 rings (SSSR count). The van der Waals surface area contributed by atoms with Crippen LogP contribution in [0, 0.1) is 11.6 Å². The number of hydrogen-bond acceptors (Lipinski definition) is 4. The van der Waals surface area contributed by atoms with Crippen molar-refractivity contribution in [1.82, 2.24) is 0 Å². The SMILES string of the molecule is O=S(=O)(Nc1ccc(F)cc1OCCO)c1ccccc1F. The van der Waals surface area contributed by atoms with Gasteiger partial charge in [0.05, 0.1) is 12.3 Å². The number of aliphatic hydroxyl groups is 1. The topological polar surface area (TPSA) is 75.6 Å². The molecule has 22 heavy (non-hydrogen) atoms. The van der Waals surface area contributed by atoms with Crippen LogP contribution in [0.4, 0.5) is 14.5 Å². The second-order valence-corrected chi connectivity index (χ2v) is 5.90. The van der Waals surface area contributed by atoms with E-state index in [-0.39, 0.29) is 24.7 Å². The Hall–Kier alpha value is -2.19. The predicted molar refractivity (Wildman–Crippen MR) is 76.2 cm³/mol. The molecule has 0 aromatic heterocycles. The maximum absolute atomic E-state index is 13.6. The third-order valence-corrected chi connectivity index (χ3v) is 4.06. The Morgan fingerprint density at radius 1 is 1.14 bits per heavy atom. The third kappa shape index (κ3) is 3.71. The third-order valence-electron chi connectivity index (χ3n) is 2.66. The van der Waals surface area contributed by atoms with E-state index in [0.717, 1.165) is 30.3 Å². The molecule has 0 fully saturated rings. The van der Waals surface area contributed by atoms with Gasteiger partial charge in [0.25, 0.3) is 10.0 Å². The van der Waals surface area contributed by atoms with Gasteiger partial charge in [0, 0.05) is 6.07 Å². The molecular weight excluding hydrogens is 316 g/mol. The van der Waals surface area contributed by atoms with Gasteiger partial charge in [0.1, 0.15) is 28.9 Å². The molecule has 0 spiro atoms. The molecule has 5 nitrogen and oxygen atoms in total. The maximum Gasteiger partial charge on any atom is 0.264 e. The molecule has 0 heterocycles. The molecule has 0 saturated heterocycles. The van der Waals surface area contributed by atoms with Gasteiger partial charge in [-0.1, -0.05) is 12.1 Å². The molecule has 0 bridgehead atoms. The highest BCUT2D eigenvalue weighted by atomic mass is 32.2. The summed E-state index contributed by atoms with van der Waals surface area (Å²) < 4.78 is 58.4. The van der Waals surface area contributed by atoms with Crippen molar-refractivity contribution >= 4 is 15.7 Å². The average Bonchev–Trinajstić information content (AvgIpc) is 2.47. The Kier molecular flexibility index (Phi) is 4.94. The van der Waals surface area contributed by atoms with E-state index in [0.29, 0.717) is 0 Å². The van der Waals surface area contributed by atoms with Crippen LogP contribution in [0.5, 0.6) is 5.75 Å². The van der Waals surface area contributed by atoms with Gasteiger partial charge in [-0.3, -0.25) is 4.72 Å². The van der Waals surface area contributed by atoms with E-state index in [1.165, 1.54) is 12.1 Å². The number of halogens is 2. The van der Waals surface area contributed by atoms with Crippen LogP contribution in [0.1, 0.15) is 0 Å². The molecule has 0 aliphatic rings. The van der Waals surface area contributed by atoms with E-state index >= 15 is 0 Å². The second-order valence-electron chi connectivity index (χ2n) is 4.25. The minimum Gasteiger partial charge on any atom is -0.489 e. The molecule has 0 radical (unpaired) electrons. The molecule has 118 valence electrons. The molecule has 0 aliphatic carbocycles. The summed E-state index contributed by atoms with van der Waals surface area (Å²) in [6, 6.07) is 8.02. The van der Waals surface area contributed by atoms with Crippen molar-refractivity contribution in [1.29, 1.82) is 0 Å². The van der Waals surface area contributed by atoms with Crippen LogP contribution in [0.15, 0.2) is 47.4 Å². The fourth-order valence-electron chi connectivity index (χ4n) is 1.72. The summed E-state index contributed by atoms with van der Waals surface area (Å²) in [5.41, 5.74) is -0.0573. The summed E-state index contributed by atoms with van der Waals surface area (Å²) in [7, 11) is -4.19. The maximum atomic E-state index is 13.6. The summed E-state index contributed by atoms with van der Waals surface area (Å²) in [4.78, 5) is -0.535. The number of sulfonamides is 1. The van der Waals surface area contributed by atoms with Crippen molar-refractivity contribution in [2.45, 2.75) is 4.90 Å². The highest BCUT2D eigenvalue weighted by Crippen LogP contribution is 2.28. The lowest BCUT2D eigenvalue weighted by Crippen LogP contribution is -2.16. The van der Waals surface area contributed by atoms with Gasteiger partial charge in [0.15, 0.2) is 0 Å². The van der Waals surface area contributed by atoms with Crippen molar-refractivity contribution in [2.24, 2.45) is 0 Å². The Balaban J connectivity index is 2.35. The lowest BCUT2D eigenvalue weighted by molar-refractivity contribution is 0.201. The van der Waals surface area contributed by atoms with Crippen LogP contribution in [-0.2, 0) is 10.0 Å². The monoisotopic (exact) mass is 329 g/mol. The first-order valence-electron chi connectivity index (χ1n) is 6.24. The van der Waals surface area contributed by atoms with Gasteiger partial charge in [0.2, 0.25) is 0 Å². The van der Waals surface area contributed by atoms with Gasteiger partial charge in [-0.2, -0.15) is 0 Å². The van der Waals surface area contributed by atoms with E-state index in [1.54, 1.807) is 0 Å². The molecular formula is C14H13F2NO4S. The van der Waals surface area contributed by atoms with Gasteiger partial charge < -0.3 is 9.84 Å². The molecule has 0 aliphatic heterocycles. The number of aliphatic hydroxyl groups excluding tert-OH is 1. The van der Waals surface area contributed by atoms with Gasteiger partial charge in [-0.05, 0) is 24.3 Å². The van der Waals surface area contributed by atoms with Crippen molar-refractivity contribution in [3.63, 3.8) is 0 Å². The number of hydrogen-bond donors (Lipinski definition) is 2. The van der Waals surface area contributed by atoms with Gasteiger partial charge in [-0.15, -0.1) is 0 Å². The molecule has 8 heteroatoms. The van der Waals surface area contributed by atoms with Gasteiger partial charge >= 0.3 is 0 Å². The standard InChI is InChI=1S/C14H13F2NO4S/c15-10-5-6-12(13(9-10)21-8-7-18)17-22(19,20)14-4-2-1-3-11(14)16/h1-6,9,17-18H,7-8H2. The van der Waals surface area contributed by atoms with E-state index in [4.69, 9.17) is 9.84 Å². The van der Waals surface area contributed by atoms with E-state index in [1.807, 2.05) is 0 Å². The van der Waals surface area contributed by atoms with Crippen LogP contribution in [0.2, 0.25) is 0 Å². The van der Waals surface area contributed by atoms with Crippen molar-refractivity contribution in [3.05, 3.63) is 54.1 Å². The number of nitrogens with one attached hydrogen (secondary N) is 1. The zero-order valence-electron chi connectivity index (χ0n) is 11.3. The molecule has 0 amide bonds. The smallest absolute Gasteiger partial charge is 0.264 e. The lowest BCUT2D eigenvalue weighted by atomic mass is 10.3. The molecule has 2 aromatic rings. The Morgan fingerprint density at radius 2 is 1.86 bits per heavy atom. The Labute approximate surface area is 126 Å². The average molecular weight is 329 g/mol. The largest absolute Gasteiger partial charge is 0.489 e. The van der Waals surface area contributed by atoms with Crippen LogP contribution in [0.3, 0.4) is 0 Å². The quantitative estimate of drug-likeness (QED) is 0.851. The van der Waals surface area contributed by atoms with Crippen molar-refractivity contribution < 1.29 is 27.0 Å². The number of rotatable bonds is 6. The first kappa shape index (κ1) is 16.2. The van der Waals surface area contributed by atoms with Crippen LogP contribution in [-0.4, -0.2) is 26.7 Å². The molecule has 2 aromatic carbocycles. The van der Waals surface area contributed by atoms with E-state index in [2.05, 4.69) is 4.72 Å². The normalized spacial score (nSPS) is 11.2. The fourth-order valence-corrected chi connectivity index (χ4v) is 2.87. The molecule has 0 saturated carbocycles. The summed E-state index contributed by atoms with van der Waals surface area (Å²) in [6.45, 7) is -0.464. The number of benzene rings is 2. The fraction of sp³-hybridized carbons (Fsp3) is 0.143. The first-order valence-corrected chi connectivity index (χ1v) is 7.73. The molecule has 0 atom stereocenters. The minimum atomic E-state index is -4.19. The number of ether oxygens (including phenoxy) is 1. The zero-order chi connectivity index (χ0) is 16.2. The van der Waals surface area contributed by atoms with E-state index < -0.39 is 26.6 Å². The Bertz CT molecular complexity index is 765. The van der Waals surface area contributed by atoms with Crippen LogP contribution >= 0.6 is 0 Å². The summed E-state index contributed by atoms with van der Waals surface area (Å²) in [6.07, 6.45) is 0. The summed E-state index contributed by atoms with van der Waals surface area (Å²) in [5, 5.41) is 8.73. The first-order chi connectivity index (χ1) is 10.4. The van der Waals surface area contributed by atoms with Crippen LogP contribution < -0.4 is 9.46 Å². The van der Waals surface area contributed by atoms with Gasteiger partial charge in [-0.25, -0.2) is 17.2 Å².